The van der Waals surface area contributed by atoms with Crippen molar-refractivity contribution in [3.05, 3.63) is 52.4 Å². The summed E-state index contributed by atoms with van der Waals surface area (Å²) in [6.07, 6.45) is 2.66. The lowest BCUT2D eigenvalue weighted by Gasteiger charge is -2.30. The summed E-state index contributed by atoms with van der Waals surface area (Å²) in [7, 11) is 0. The molecule has 0 spiro atoms. The maximum absolute atomic E-state index is 12.4. The second kappa shape index (κ2) is 7.28. The normalized spacial score (nSPS) is 15.3. The van der Waals surface area contributed by atoms with Gasteiger partial charge < -0.3 is 14.6 Å². The SMILES string of the molecule is O=C(Nc1cccc(Cl)c1Cl)C1CCN(C(=O)c2ccco2)CC1. The predicted octanol–water partition coefficient (Wildman–Crippen LogP) is 4.08. The average molecular weight is 367 g/mol. The number of rotatable bonds is 3. The Bertz CT molecular complexity index is 738. The molecule has 0 bridgehead atoms. The third kappa shape index (κ3) is 3.57. The topological polar surface area (TPSA) is 62.6 Å². The van der Waals surface area contributed by atoms with E-state index in [1.807, 2.05) is 0 Å². The lowest BCUT2D eigenvalue weighted by atomic mass is 9.95. The van der Waals surface area contributed by atoms with Gasteiger partial charge in [-0.15, -0.1) is 0 Å². The standard InChI is InChI=1S/C17H16Cl2N2O3/c18-12-3-1-4-13(15(12)19)20-16(22)11-6-8-21(9-7-11)17(23)14-5-2-10-24-14/h1-5,10-11H,6-9H2,(H,20,22). The van der Waals surface area contributed by atoms with Crippen LogP contribution in [0.4, 0.5) is 5.69 Å². The Labute approximate surface area is 149 Å². The Hall–Kier alpha value is -1.98. The third-order valence-corrected chi connectivity index (χ3v) is 4.91. The molecule has 2 aromatic rings. The number of carbonyl (C=O) groups excluding carboxylic acids is 2. The molecular weight excluding hydrogens is 351 g/mol. The Morgan fingerprint density at radius 1 is 1.12 bits per heavy atom. The highest BCUT2D eigenvalue weighted by atomic mass is 35.5. The highest BCUT2D eigenvalue weighted by Gasteiger charge is 2.29. The van der Waals surface area contributed by atoms with Crippen LogP contribution in [0.2, 0.25) is 10.0 Å². The number of piperidine rings is 1. The summed E-state index contributed by atoms with van der Waals surface area (Å²) in [5.74, 6) is -0.0923. The van der Waals surface area contributed by atoms with Gasteiger partial charge in [-0.05, 0) is 37.1 Å². The van der Waals surface area contributed by atoms with Crippen LogP contribution in [0.3, 0.4) is 0 Å². The number of hydrogen-bond acceptors (Lipinski definition) is 3. The Morgan fingerprint density at radius 2 is 1.88 bits per heavy atom. The summed E-state index contributed by atoms with van der Waals surface area (Å²) in [6.45, 7) is 1.03. The lowest BCUT2D eigenvalue weighted by Crippen LogP contribution is -2.41. The van der Waals surface area contributed by atoms with Crippen molar-refractivity contribution in [2.75, 3.05) is 18.4 Å². The van der Waals surface area contributed by atoms with Crippen LogP contribution in [-0.4, -0.2) is 29.8 Å². The minimum Gasteiger partial charge on any atom is -0.459 e. The monoisotopic (exact) mass is 366 g/mol. The fraction of sp³-hybridized carbons (Fsp3) is 0.294. The zero-order valence-corrected chi connectivity index (χ0v) is 14.3. The van der Waals surface area contributed by atoms with Gasteiger partial charge in [-0.2, -0.15) is 0 Å². The molecular formula is C17H16Cl2N2O3. The fourth-order valence-electron chi connectivity index (χ4n) is 2.74. The molecule has 2 amide bonds. The van der Waals surface area contributed by atoms with E-state index >= 15 is 0 Å². The first kappa shape index (κ1) is 16.9. The van der Waals surface area contributed by atoms with Crippen LogP contribution in [0.1, 0.15) is 23.4 Å². The number of benzene rings is 1. The third-order valence-electron chi connectivity index (χ3n) is 4.09. The van der Waals surface area contributed by atoms with Crippen LogP contribution in [0.25, 0.3) is 0 Å². The minimum atomic E-state index is -0.166. The van der Waals surface area contributed by atoms with Crippen molar-refractivity contribution in [2.45, 2.75) is 12.8 Å². The van der Waals surface area contributed by atoms with E-state index in [0.29, 0.717) is 47.4 Å². The number of anilines is 1. The van der Waals surface area contributed by atoms with Gasteiger partial charge in [-0.25, -0.2) is 0 Å². The maximum Gasteiger partial charge on any atom is 0.289 e. The number of hydrogen-bond donors (Lipinski definition) is 1. The van der Waals surface area contributed by atoms with Gasteiger partial charge in [0, 0.05) is 19.0 Å². The largest absolute Gasteiger partial charge is 0.459 e. The first-order chi connectivity index (χ1) is 11.6. The molecule has 0 atom stereocenters. The number of nitrogens with one attached hydrogen (secondary N) is 1. The quantitative estimate of drug-likeness (QED) is 0.889. The van der Waals surface area contributed by atoms with E-state index in [0.717, 1.165) is 0 Å². The first-order valence-electron chi connectivity index (χ1n) is 7.64. The molecule has 1 N–H and O–H groups in total. The van der Waals surface area contributed by atoms with Crippen molar-refractivity contribution in [3.63, 3.8) is 0 Å². The van der Waals surface area contributed by atoms with Gasteiger partial charge in [0.2, 0.25) is 5.91 Å². The molecule has 0 unspecified atom stereocenters. The second-order valence-electron chi connectivity index (χ2n) is 5.63. The highest BCUT2D eigenvalue weighted by molar-refractivity contribution is 6.44. The molecule has 0 radical (unpaired) electrons. The predicted molar refractivity (Wildman–Crippen MR) is 92.4 cm³/mol. The Balaban J connectivity index is 1.57. The second-order valence-corrected chi connectivity index (χ2v) is 6.42. The first-order valence-corrected chi connectivity index (χ1v) is 8.39. The van der Waals surface area contributed by atoms with E-state index in [9.17, 15) is 9.59 Å². The van der Waals surface area contributed by atoms with Crippen molar-refractivity contribution < 1.29 is 14.0 Å². The molecule has 3 rings (SSSR count). The van der Waals surface area contributed by atoms with Crippen LogP contribution < -0.4 is 5.32 Å². The van der Waals surface area contributed by atoms with Gasteiger partial charge in [0.05, 0.1) is 22.0 Å². The van der Waals surface area contributed by atoms with Gasteiger partial charge in [0.15, 0.2) is 5.76 Å². The summed E-state index contributed by atoms with van der Waals surface area (Å²) < 4.78 is 5.13. The van der Waals surface area contributed by atoms with E-state index in [2.05, 4.69) is 5.32 Å². The van der Waals surface area contributed by atoms with Crippen molar-refractivity contribution in [1.82, 2.24) is 4.90 Å². The molecule has 1 fully saturated rings. The number of amides is 2. The van der Waals surface area contributed by atoms with Crippen molar-refractivity contribution in [2.24, 2.45) is 5.92 Å². The number of carbonyl (C=O) groups is 2. The molecule has 5 nitrogen and oxygen atoms in total. The number of furan rings is 1. The molecule has 1 aliphatic heterocycles. The number of halogens is 2. The average Bonchev–Trinajstić information content (AvgIpc) is 3.13. The zero-order valence-electron chi connectivity index (χ0n) is 12.8. The number of likely N-dealkylation sites (tertiary alicyclic amines) is 1. The maximum atomic E-state index is 12.4. The van der Waals surface area contributed by atoms with Crippen molar-refractivity contribution in [3.8, 4) is 0 Å². The molecule has 0 aliphatic carbocycles. The van der Waals surface area contributed by atoms with E-state index < -0.39 is 0 Å². The molecule has 24 heavy (non-hydrogen) atoms. The van der Waals surface area contributed by atoms with Crippen molar-refractivity contribution in [1.29, 1.82) is 0 Å². The molecule has 0 saturated carbocycles. The smallest absolute Gasteiger partial charge is 0.289 e. The van der Waals surface area contributed by atoms with Crippen molar-refractivity contribution >= 4 is 40.7 Å². The molecule has 1 saturated heterocycles. The molecule has 2 heterocycles. The van der Waals surface area contributed by atoms with Crippen LogP contribution in [-0.2, 0) is 4.79 Å². The van der Waals surface area contributed by atoms with E-state index in [4.69, 9.17) is 27.6 Å². The van der Waals surface area contributed by atoms with Crippen LogP contribution in [0.15, 0.2) is 41.0 Å². The molecule has 7 heteroatoms. The lowest BCUT2D eigenvalue weighted by molar-refractivity contribution is -0.121. The van der Waals surface area contributed by atoms with E-state index in [1.165, 1.54) is 6.26 Å². The summed E-state index contributed by atoms with van der Waals surface area (Å²) in [5, 5.41) is 3.54. The van der Waals surface area contributed by atoms with Gasteiger partial charge >= 0.3 is 0 Å². The number of nitrogens with zero attached hydrogens (tertiary/aromatic N) is 1. The Morgan fingerprint density at radius 3 is 2.54 bits per heavy atom. The van der Waals surface area contributed by atoms with Crippen LogP contribution in [0.5, 0.6) is 0 Å². The molecule has 1 aliphatic rings. The molecule has 1 aromatic carbocycles. The van der Waals surface area contributed by atoms with Crippen LogP contribution >= 0.6 is 23.2 Å². The van der Waals surface area contributed by atoms with Gasteiger partial charge in [-0.1, -0.05) is 29.3 Å². The Kier molecular flexibility index (Phi) is 5.11. The molecule has 126 valence electrons. The van der Waals surface area contributed by atoms with Gasteiger partial charge in [0.25, 0.3) is 5.91 Å². The summed E-state index contributed by atoms with van der Waals surface area (Å²) >= 11 is 12.0. The highest BCUT2D eigenvalue weighted by Crippen LogP contribution is 2.30. The zero-order chi connectivity index (χ0) is 17.1. The summed E-state index contributed by atoms with van der Waals surface area (Å²) in [6, 6.07) is 8.43. The fourth-order valence-corrected chi connectivity index (χ4v) is 3.08. The molecule has 1 aromatic heterocycles. The van der Waals surface area contributed by atoms with Gasteiger partial charge in [-0.3, -0.25) is 9.59 Å². The van der Waals surface area contributed by atoms with E-state index in [-0.39, 0.29) is 17.7 Å². The van der Waals surface area contributed by atoms with E-state index in [1.54, 1.807) is 35.2 Å². The summed E-state index contributed by atoms with van der Waals surface area (Å²) in [4.78, 5) is 26.3. The van der Waals surface area contributed by atoms with Gasteiger partial charge in [0.1, 0.15) is 0 Å². The van der Waals surface area contributed by atoms with Crippen LogP contribution in [0, 0.1) is 5.92 Å². The minimum absolute atomic E-state index is 0.107. The summed E-state index contributed by atoms with van der Waals surface area (Å²) in [5.41, 5.74) is 0.503.